The summed E-state index contributed by atoms with van der Waals surface area (Å²) in [7, 11) is -2.31. The Bertz CT molecular complexity index is 483. The number of aliphatic hydroxyl groups excluding tert-OH is 1. The van der Waals surface area contributed by atoms with Crippen LogP contribution in [0.2, 0.25) is 8.67 Å². The summed E-state index contributed by atoms with van der Waals surface area (Å²) >= 11 is 12.5. The van der Waals surface area contributed by atoms with Gasteiger partial charge in [-0.25, -0.2) is 13.1 Å². The molecule has 5 nitrogen and oxygen atoms in total. The van der Waals surface area contributed by atoms with Crippen molar-refractivity contribution in [3.8, 4) is 0 Å². The highest BCUT2D eigenvalue weighted by Crippen LogP contribution is 2.34. The van der Waals surface area contributed by atoms with Gasteiger partial charge in [0.15, 0.2) is 0 Å². The van der Waals surface area contributed by atoms with Gasteiger partial charge in [-0.15, -0.1) is 11.3 Å². The van der Waals surface area contributed by atoms with Crippen molar-refractivity contribution in [2.45, 2.75) is 17.4 Å². The summed E-state index contributed by atoms with van der Waals surface area (Å²) in [6, 6.07) is 0.777. The summed E-state index contributed by atoms with van der Waals surface area (Å²) in [5.74, 6) is 0. The van der Waals surface area contributed by atoms with Crippen molar-refractivity contribution < 1.29 is 18.3 Å². The highest BCUT2D eigenvalue weighted by molar-refractivity contribution is 7.89. The molecule has 1 unspecified atom stereocenters. The number of nitrogens with one attached hydrogen (secondary N) is 1. The van der Waals surface area contributed by atoms with Gasteiger partial charge in [0.05, 0.1) is 10.9 Å². The summed E-state index contributed by atoms with van der Waals surface area (Å²) in [5, 5.41) is 8.85. The molecular weight excluding hydrogens is 321 g/mol. The van der Waals surface area contributed by atoms with Gasteiger partial charge in [-0.2, -0.15) is 0 Å². The fourth-order valence-electron chi connectivity index (χ4n) is 1.32. The minimum Gasteiger partial charge on any atom is -0.396 e. The third-order valence-electron chi connectivity index (χ3n) is 2.08. The van der Waals surface area contributed by atoms with Crippen molar-refractivity contribution in [2.24, 2.45) is 0 Å². The highest BCUT2D eigenvalue weighted by atomic mass is 35.5. The van der Waals surface area contributed by atoms with Crippen LogP contribution in [0.5, 0.6) is 0 Å². The first kappa shape index (κ1) is 16.2. The lowest BCUT2D eigenvalue weighted by atomic mass is 10.2. The zero-order chi connectivity index (χ0) is 13.8. The van der Waals surface area contributed by atoms with E-state index in [4.69, 9.17) is 33.0 Å². The van der Waals surface area contributed by atoms with Gasteiger partial charge in [0.1, 0.15) is 9.23 Å². The minimum absolute atomic E-state index is 0.0572. The summed E-state index contributed by atoms with van der Waals surface area (Å²) in [6.45, 7) is 0.0178. The summed E-state index contributed by atoms with van der Waals surface area (Å²) in [5.41, 5.74) is 0. The van der Waals surface area contributed by atoms with E-state index in [1.165, 1.54) is 13.2 Å². The molecule has 0 amide bonds. The maximum absolute atomic E-state index is 12.0. The van der Waals surface area contributed by atoms with Crippen molar-refractivity contribution in [3.63, 3.8) is 0 Å². The first-order valence-electron chi connectivity index (χ1n) is 4.97. The molecule has 1 heterocycles. The van der Waals surface area contributed by atoms with Crippen LogP contribution in [-0.2, 0) is 14.8 Å². The predicted molar refractivity (Wildman–Crippen MR) is 72.0 cm³/mol. The van der Waals surface area contributed by atoms with E-state index in [0.717, 1.165) is 11.3 Å². The minimum atomic E-state index is -3.76. The molecule has 0 saturated heterocycles. The van der Waals surface area contributed by atoms with Gasteiger partial charge in [0.25, 0.3) is 0 Å². The Balaban J connectivity index is 2.89. The number of thiophene rings is 1. The molecule has 0 aliphatic heterocycles. The van der Waals surface area contributed by atoms with Gasteiger partial charge in [-0.05, 0) is 12.5 Å². The standard InChI is InChI=1S/C9H13Cl2NO4S2/c1-16-5-6(2-3-13)12-18(14,15)7-4-8(10)17-9(7)11/h4,6,12-13H,2-3,5H2,1H3. The van der Waals surface area contributed by atoms with Gasteiger partial charge in [-0.3, -0.25) is 0 Å². The van der Waals surface area contributed by atoms with Gasteiger partial charge in [0, 0.05) is 19.8 Å². The molecule has 0 aliphatic carbocycles. The molecule has 0 bridgehead atoms. The lowest BCUT2D eigenvalue weighted by Crippen LogP contribution is -2.38. The van der Waals surface area contributed by atoms with Crippen molar-refractivity contribution in [1.29, 1.82) is 0 Å². The monoisotopic (exact) mass is 333 g/mol. The van der Waals surface area contributed by atoms with Crippen LogP contribution in [0.15, 0.2) is 11.0 Å². The van der Waals surface area contributed by atoms with Crippen LogP contribution in [0.3, 0.4) is 0 Å². The summed E-state index contributed by atoms with van der Waals surface area (Å²) < 4.78 is 31.8. The zero-order valence-corrected chi connectivity index (χ0v) is 12.7. The van der Waals surface area contributed by atoms with E-state index < -0.39 is 16.1 Å². The number of halogens is 2. The maximum atomic E-state index is 12.0. The topological polar surface area (TPSA) is 75.6 Å². The van der Waals surface area contributed by atoms with Crippen molar-refractivity contribution >= 4 is 44.6 Å². The number of hydrogen-bond donors (Lipinski definition) is 2. The number of aliphatic hydroxyl groups is 1. The van der Waals surface area contributed by atoms with Gasteiger partial charge >= 0.3 is 0 Å². The van der Waals surface area contributed by atoms with E-state index in [9.17, 15) is 8.42 Å². The molecule has 9 heteroatoms. The SMILES string of the molecule is COCC(CCO)NS(=O)(=O)c1cc(Cl)sc1Cl. The van der Waals surface area contributed by atoms with Crippen LogP contribution in [0.1, 0.15) is 6.42 Å². The lowest BCUT2D eigenvalue weighted by Gasteiger charge is -2.16. The third kappa shape index (κ3) is 4.34. The fourth-order valence-corrected chi connectivity index (χ4v) is 4.73. The molecule has 18 heavy (non-hydrogen) atoms. The Morgan fingerprint density at radius 1 is 1.56 bits per heavy atom. The van der Waals surface area contributed by atoms with Crippen LogP contribution in [0.25, 0.3) is 0 Å². The van der Waals surface area contributed by atoms with E-state index in [1.54, 1.807) is 0 Å². The Kier molecular flexibility index (Phi) is 6.32. The second-order valence-corrected chi connectivity index (χ2v) is 7.44. The molecule has 1 aromatic rings. The van der Waals surface area contributed by atoms with Gasteiger partial charge in [0.2, 0.25) is 10.0 Å². The molecule has 0 radical (unpaired) electrons. The van der Waals surface area contributed by atoms with Crippen LogP contribution in [0.4, 0.5) is 0 Å². The van der Waals surface area contributed by atoms with Crippen LogP contribution < -0.4 is 4.72 Å². The average molecular weight is 334 g/mol. The van der Waals surface area contributed by atoms with E-state index in [0.29, 0.717) is 4.34 Å². The van der Waals surface area contributed by atoms with Gasteiger partial charge < -0.3 is 9.84 Å². The molecule has 0 spiro atoms. The van der Waals surface area contributed by atoms with E-state index in [-0.39, 0.29) is 28.9 Å². The molecule has 1 rings (SSSR count). The molecular formula is C9H13Cl2NO4S2. The number of hydrogen-bond acceptors (Lipinski definition) is 5. The molecule has 0 aliphatic rings. The largest absolute Gasteiger partial charge is 0.396 e. The second kappa shape index (κ2) is 7.04. The normalized spacial score (nSPS) is 13.8. The highest BCUT2D eigenvalue weighted by Gasteiger charge is 2.24. The Hall–Kier alpha value is 0.110. The predicted octanol–water partition coefficient (Wildman–Crippen LogP) is 1.73. The van der Waals surface area contributed by atoms with Crippen molar-refractivity contribution in [1.82, 2.24) is 4.72 Å². The van der Waals surface area contributed by atoms with Crippen LogP contribution in [-0.4, -0.2) is 39.9 Å². The van der Waals surface area contributed by atoms with E-state index >= 15 is 0 Å². The Morgan fingerprint density at radius 3 is 2.67 bits per heavy atom. The molecule has 1 aromatic heterocycles. The second-order valence-electron chi connectivity index (χ2n) is 3.47. The molecule has 0 aromatic carbocycles. The summed E-state index contributed by atoms with van der Waals surface area (Å²) in [4.78, 5) is -0.0572. The number of methoxy groups -OCH3 is 1. The zero-order valence-electron chi connectivity index (χ0n) is 9.52. The number of sulfonamides is 1. The first-order chi connectivity index (χ1) is 8.40. The quantitative estimate of drug-likeness (QED) is 0.796. The van der Waals surface area contributed by atoms with Crippen molar-refractivity contribution in [3.05, 3.63) is 14.7 Å². The molecule has 104 valence electrons. The van der Waals surface area contributed by atoms with E-state index in [1.807, 2.05) is 0 Å². The Morgan fingerprint density at radius 2 is 2.22 bits per heavy atom. The molecule has 2 N–H and O–H groups in total. The molecule has 0 saturated carbocycles. The number of rotatable bonds is 7. The smallest absolute Gasteiger partial charge is 0.243 e. The Labute approximate surface area is 120 Å². The maximum Gasteiger partial charge on any atom is 0.243 e. The third-order valence-corrected chi connectivity index (χ3v) is 5.36. The number of ether oxygens (including phenoxy) is 1. The average Bonchev–Trinajstić information content (AvgIpc) is 2.59. The fraction of sp³-hybridized carbons (Fsp3) is 0.556. The van der Waals surface area contributed by atoms with Gasteiger partial charge in [-0.1, -0.05) is 23.2 Å². The van der Waals surface area contributed by atoms with Crippen LogP contribution in [0, 0.1) is 0 Å². The molecule has 1 atom stereocenters. The van der Waals surface area contributed by atoms with Crippen molar-refractivity contribution in [2.75, 3.05) is 20.3 Å². The first-order valence-corrected chi connectivity index (χ1v) is 8.03. The van der Waals surface area contributed by atoms with E-state index in [2.05, 4.69) is 4.72 Å². The molecule has 0 fully saturated rings. The summed E-state index contributed by atoms with van der Waals surface area (Å²) in [6.07, 6.45) is 0.253. The van der Waals surface area contributed by atoms with Crippen LogP contribution >= 0.6 is 34.5 Å². The lowest BCUT2D eigenvalue weighted by molar-refractivity contribution is 0.158.